The first kappa shape index (κ1) is 23.2. The first-order chi connectivity index (χ1) is 12.8. The third-order valence-electron chi connectivity index (χ3n) is 8.44. The Kier molecular flexibility index (Phi) is 8.26. The van der Waals surface area contributed by atoms with Gasteiger partial charge in [0.1, 0.15) is 0 Å². The van der Waals surface area contributed by atoms with Crippen LogP contribution >= 0.6 is 0 Å². The van der Waals surface area contributed by atoms with E-state index in [2.05, 4.69) is 27.7 Å². The lowest BCUT2D eigenvalue weighted by Crippen LogP contribution is -2.56. The van der Waals surface area contributed by atoms with Gasteiger partial charge < -0.3 is 11.5 Å². The van der Waals surface area contributed by atoms with E-state index in [4.69, 9.17) is 11.5 Å². The smallest absolute Gasteiger partial charge is 0.0172 e. The van der Waals surface area contributed by atoms with E-state index in [9.17, 15) is 0 Å². The average Bonchev–Trinajstić information content (AvgIpc) is 2.62. The van der Waals surface area contributed by atoms with E-state index < -0.39 is 0 Å². The lowest BCUT2D eigenvalue weighted by Gasteiger charge is -2.51. The first-order valence-corrected chi connectivity index (χ1v) is 12.4. The predicted octanol–water partition coefficient (Wildman–Crippen LogP) is 7.09. The summed E-state index contributed by atoms with van der Waals surface area (Å²) in [5.41, 5.74) is 15.1. The Bertz CT molecular complexity index is 370. The highest BCUT2D eigenvalue weighted by Gasteiger charge is 2.46. The maximum Gasteiger partial charge on any atom is 0.0172 e. The van der Waals surface area contributed by atoms with Crippen molar-refractivity contribution < 1.29 is 0 Å². The SMILES string of the molecule is CCCC1(CCC)CCC(N)(CC2(N)CCC(CCC)(CCC)CC2)CC1. The molecule has 0 aromatic rings. The van der Waals surface area contributed by atoms with Crippen LogP contribution in [-0.4, -0.2) is 11.1 Å². The molecule has 0 amide bonds. The highest BCUT2D eigenvalue weighted by atomic mass is 14.8. The van der Waals surface area contributed by atoms with Gasteiger partial charge in [-0.3, -0.25) is 0 Å². The zero-order valence-electron chi connectivity index (χ0n) is 19.2. The van der Waals surface area contributed by atoms with Crippen molar-refractivity contribution in [1.82, 2.24) is 0 Å². The van der Waals surface area contributed by atoms with E-state index in [0.29, 0.717) is 10.8 Å². The minimum absolute atomic E-state index is 0.00472. The molecule has 2 fully saturated rings. The van der Waals surface area contributed by atoms with Crippen molar-refractivity contribution in [2.45, 2.75) is 148 Å². The van der Waals surface area contributed by atoms with Crippen LogP contribution in [0.4, 0.5) is 0 Å². The molecule has 0 radical (unpaired) electrons. The summed E-state index contributed by atoms with van der Waals surface area (Å²) in [7, 11) is 0. The number of rotatable bonds is 10. The van der Waals surface area contributed by atoms with E-state index in [-0.39, 0.29) is 11.1 Å². The second kappa shape index (κ2) is 9.61. The van der Waals surface area contributed by atoms with Crippen molar-refractivity contribution in [2.24, 2.45) is 22.3 Å². The Morgan fingerprint density at radius 1 is 0.481 bits per heavy atom. The summed E-state index contributed by atoms with van der Waals surface area (Å²) in [6, 6.07) is 0. The average molecular weight is 379 g/mol. The Morgan fingerprint density at radius 2 is 0.741 bits per heavy atom. The van der Waals surface area contributed by atoms with Crippen LogP contribution in [0, 0.1) is 10.8 Å². The molecule has 2 nitrogen and oxygen atoms in total. The molecule has 160 valence electrons. The Hall–Kier alpha value is -0.0800. The van der Waals surface area contributed by atoms with Crippen LogP contribution in [0.15, 0.2) is 0 Å². The Morgan fingerprint density at radius 3 is 0.963 bits per heavy atom. The number of hydrogen-bond acceptors (Lipinski definition) is 2. The quantitative estimate of drug-likeness (QED) is 0.426. The van der Waals surface area contributed by atoms with E-state index in [1.165, 1.54) is 103 Å². The van der Waals surface area contributed by atoms with Crippen LogP contribution in [0.5, 0.6) is 0 Å². The summed E-state index contributed by atoms with van der Waals surface area (Å²) < 4.78 is 0. The predicted molar refractivity (Wildman–Crippen MR) is 120 cm³/mol. The van der Waals surface area contributed by atoms with Crippen molar-refractivity contribution in [3.8, 4) is 0 Å². The normalized spacial score (nSPS) is 26.0. The molecular weight excluding hydrogens is 328 g/mol. The van der Waals surface area contributed by atoms with Crippen LogP contribution < -0.4 is 11.5 Å². The summed E-state index contributed by atoms with van der Waals surface area (Å²) in [5, 5.41) is 0. The standard InChI is InChI=1S/C25H50N2/c1-5-9-22(10-6-2)13-17-24(26,18-14-22)21-25(27)19-15-23(11-7-3,12-8-4)16-20-25/h5-21,26-27H2,1-4H3. The van der Waals surface area contributed by atoms with Crippen LogP contribution in [0.25, 0.3) is 0 Å². The van der Waals surface area contributed by atoms with Crippen molar-refractivity contribution in [1.29, 1.82) is 0 Å². The van der Waals surface area contributed by atoms with Crippen LogP contribution in [0.1, 0.15) is 137 Å². The van der Waals surface area contributed by atoms with Gasteiger partial charge in [-0.15, -0.1) is 0 Å². The van der Waals surface area contributed by atoms with Gasteiger partial charge in [-0.2, -0.15) is 0 Å². The van der Waals surface area contributed by atoms with E-state index >= 15 is 0 Å². The molecule has 0 aromatic heterocycles. The van der Waals surface area contributed by atoms with Crippen LogP contribution in [0.3, 0.4) is 0 Å². The maximum absolute atomic E-state index is 6.99. The molecule has 4 N–H and O–H groups in total. The molecule has 0 saturated heterocycles. The first-order valence-electron chi connectivity index (χ1n) is 12.4. The molecule has 0 spiro atoms. The van der Waals surface area contributed by atoms with Gasteiger partial charge in [-0.25, -0.2) is 0 Å². The summed E-state index contributed by atoms with van der Waals surface area (Å²) in [6.45, 7) is 9.38. The molecule has 2 aliphatic rings. The van der Waals surface area contributed by atoms with Gasteiger partial charge in [0.2, 0.25) is 0 Å². The van der Waals surface area contributed by atoms with E-state index in [0.717, 1.165) is 6.42 Å². The molecule has 2 aliphatic carbocycles. The maximum atomic E-state index is 6.99. The van der Waals surface area contributed by atoms with Gasteiger partial charge in [-0.1, -0.05) is 53.4 Å². The number of nitrogens with two attached hydrogens (primary N) is 2. The van der Waals surface area contributed by atoms with Crippen LogP contribution in [-0.2, 0) is 0 Å². The fourth-order valence-corrected chi connectivity index (χ4v) is 6.98. The van der Waals surface area contributed by atoms with Gasteiger partial charge in [-0.05, 0) is 94.3 Å². The van der Waals surface area contributed by atoms with Crippen molar-refractivity contribution in [3.05, 3.63) is 0 Å². The molecule has 2 rings (SSSR count). The van der Waals surface area contributed by atoms with Gasteiger partial charge in [0.05, 0.1) is 0 Å². The van der Waals surface area contributed by atoms with Crippen molar-refractivity contribution in [2.75, 3.05) is 0 Å². The Balaban J connectivity index is 1.95. The second-order valence-corrected chi connectivity index (χ2v) is 10.9. The molecule has 0 aromatic carbocycles. The third kappa shape index (κ3) is 5.95. The zero-order valence-corrected chi connectivity index (χ0v) is 19.2. The largest absolute Gasteiger partial charge is 0.325 e. The lowest BCUT2D eigenvalue weighted by molar-refractivity contribution is 0.0561. The molecular formula is C25H50N2. The highest BCUT2D eigenvalue weighted by Crippen LogP contribution is 2.51. The molecule has 0 aliphatic heterocycles. The van der Waals surface area contributed by atoms with E-state index in [1.54, 1.807) is 0 Å². The monoisotopic (exact) mass is 378 g/mol. The van der Waals surface area contributed by atoms with E-state index in [1.807, 2.05) is 0 Å². The summed E-state index contributed by atoms with van der Waals surface area (Å²) >= 11 is 0. The summed E-state index contributed by atoms with van der Waals surface area (Å²) in [4.78, 5) is 0. The van der Waals surface area contributed by atoms with Gasteiger partial charge in [0.25, 0.3) is 0 Å². The third-order valence-corrected chi connectivity index (χ3v) is 8.44. The zero-order chi connectivity index (χ0) is 20.0. The fraction of sp³-hybridized carbons (Fsp3) is 1.00. The molecule has 2 saturated carbocycles. The molecule has 27 heavy (non-hydrogen) atoms. The molecule has 0 heterocycles. The highest BCUT2D eigenvalue weighted by molar-refractivity contribution is 5.04. The minimum Gasteiger partial charge on any atom is -0.325 e. The summed E-state index contributed by atoms with van der Waals surface area (Å²) in [6.07, 6.45) is 22.0. The second-order valence-electron chi connectivity index (χ2n) is 10.9. The molecule has 2 heteroatoms. The Labute approximate surface area is 170 Å². The topological polar surface area (TPSA) is 52.0 Å². The number of hydrogen-bond donors (Lipinski definition) is 2. The summed E-state index contributed by atoms with van der Waals surface area (Å²) in [5.74, 6) is 0. The molecule has 0 unspecified atom stereocenters. The van der Waals surface area contributed by atoms with Gasteiger partial charge >= 0.3 is 0 Å². The fourth-order valence-electron chi connectivity index (χ4n) is 6.98. The van der Waals surface area contributed by atoms with Gasteiger partial charge in [0.15, 0.2) is 0 Å². The van der Waals surface area contributed by atoms with Crippen LogP contribution in [0.2, 0.25) is 0 Å². The lowest BCUT2D eigenvalue weighted by atomic mass is 9.58. The van der Waals surface area contributed by atoms with Gasteiger partial charge in [0, 0.05) is 11.1 Å². The minimum atomic E-state index is -0.00472. The van der Waals surface area contributed by atoms with Crippen molar-refractivity contribution >= 4 is 0 Å². The van der Waals surface area contributed by atoms with Crippen molar-refractivity contribution in [3.63, 3.8) is 0 Å². The molecule has 0 bridgehead atoms. The molecule has 0 atom stereocenters.